The second-order valence-electron chi connectivity index (χ2n) is 4.35. The number of benzene rings is 2. The summed E-state index contributed by atoms with van der Waals surface area (Å²) in [6.07, 6.45) is 0. The minimum atomic E-state index is -0.450. The lowest BCUT2D eigenvalue weighted by atomic mass is 10.1. The molecule has 2 aromatic carbocycles. The van der Waals surface area contributed by atoms with E-state index in [0.717, 1.165) is 5.56 Å². The van der Waals surface area contributed by atoms with Gasteiger partial charge in [0, 0.05) is 29.5 Å². The molecule has 0 radical (unpaired) electrons. The first-order valence-electron chi connectivity index (χ1n) is 5.92. The first-order chi connectivity index (χ1) is 9.06. The number of non-ortho nitro benzene ring substituents is 1. The zero-order valence-electron chi connectivity index (χ0n) is 10.5. The highest BCUT2D eigenvalue weighted by Gasteiger charge is 2.10. The van der Waals surface area contributed by atoms with Gasteiger partial charge < -0.3 is 11.1 Å². The molecule has 1 unspecified atom stereocenters. The van der Waals surface area contributed by atoms with Gasteiger partial charge in [0.25, 0.3) is 5.69 Å². The first-order valence-corrected chi connectivity index (χ1v) is 5.92. The Kier molecular flexibility index (Phi) is 3.66. The second kappa shape index (κ2) is 5.39. The summed E-state index contributed by atoms with van der Waals surface area (Å²) >= 11 is 0. The van der Waals surface area contributed by atoms with Crippen LogP contribution in [-0.2, 0) is 0 Å². The van der Waals surface area contributed by atoms with Crippen molar-refractivity contribution < 1.29 is 4.92 Å². The predicted molar refractivity (Wildman–Crippen MR) is 76.0 cm³/mol. The molecule has 2 rings (SSSR count). The number of nitrogens with zero attached hydrogens (tertiary/aromatic N) is 1. The monoisotopic (exact) mass is 257 g/mol. The molecule has 0 saturated heterocycles. The molecule has 0 spiro atoms. The smallest absolute Gasteiger partial charge is 0.273 e. The molecule has 0 amide bonds. The predicted octanol–water partition coefficient (Wildman–Crippen LogP) is 3.35. The topological polar surface area (TPSA) is 81.2 Å². The summed E-state index contributed by atoms with van der Waals surface area (Å²) in [5, 5.41) is 14.0. The number of nitro groups is 1. The van der Waals surface area contributed by atoms with E-state index in [0.29, 0.717) is 11.4 Å². The van der Waals surface area contributed by atoms with E-state index in [1.54, 1.807) is 6.07 Å². The van der Waals surface area contributed by atoms with Crippen LogP contribution in [0.2, 0.25) is 0 Å². The number of rotatable bonds is 4. The van der Waals surface area contributed by atoms with Gasteiger partial charge in [0.05, 0.1) is 4.92 Å². The van der Waals surface area contributed by atoms with Crippen LogP contribution >= 0.6 is 0 Å². The molecule has 2 aromatic rings. The van der Waals surface area contributed by atoms with Gasteiger partial charge in [-0.25, -0.2) is 0 Å². The molecule has 0 aliphatic heterocycles. The van der Waals surface area contributed by atoms with Crippen LogP contribution in [0.1, 0.15) is 18.5 Å². The normalized spacial score (nSPS) is 11.8. The van der Waals surface area contributed by atoms with Crippen molar-refractivity contribution >= 4 is 17.1 Å². The van der Waals surface area contributed by atoms with Crippen molar-refractivity contribution in [3.63, 3.8) is 0 Å². The molecule has 0 saturated carbocycles. The molecule has 19 heavy (non-hydrogen) atoms. The number of anilines is 2. The highest BCUT2D eigenvalue weighted by molar-refractivity contribution is 5.62. The lowest BCUT2D eigenvalue weighted by Gasteiger charge is -2.15. The Balaban J connectivity index is 2.21. The standard InChI is InChI=1S/C14H15N3O2/c1-10(11-5-3-2-4-6-11)16-13-7-12(15)8-14(9-13)17(18)19/h2-10,16H,15H2,1H3. The summed E-state index contributed by atoms with van der Waals surface area (Å²) < 4.78 is 0. The van der Waals surface area contributed by atoms with Gasteiger partial charge in [-0.2, -0.15) is 0 Å². The van der Waals surface area contributed by atoms with Crippen molar-refractivity contribution in [2.75, 3.05) is 11.1 Å². The van der Waals surface area contributed by atoms with Crippen LogP contribution in [0.15, 0.2) is 48.5 Å². The Labute approximate surface area is 111 Å². The third-order valence-corrected chi connectivity index (χ3v) is 2.83. The van der Waals surface area contributed by atoms with Crippen molar-refractivity contribution in [2.45, 2.75) is 13.0 Å². The minimum absolute atomic E-state index is 0.0113. The third-order valence-electron chi connectivity index (χ3n) is 2.83. The fourth-order valence-corrected chi connectivity index (χ4v) is 1.90. The molecular formula is C14H15N3O2. The Morgan fingerprint density at radius 1 is 1.21 bits per heavy atom. The summed E-state index contributed by atoms with van der Waals surface area (Å²) in [7, 11) is 0. The van der Waals surface area contributed by atoms with Gasteiger partial charge in [-0.1, -0.05) is 30.3 Å². The third kappa shape index (κ3) is 3.22. The van der Waals surface area contributed by atoms with Crippen LogP contribution < -0.4 is 11.1 Å². The summed E-state index contributed by atoms with van der Waals surface area (Å²) in [5.41, 5.74) is 7.77. The van der Waals surface area contributed by atoms with Crippen molar-refractivity contribution in [2.24, 2.45) is 0 Å². The van der Waals surface area contributed by atoms with Crippen LogP contribution in [0, 0.1) is 10.1 Å². The SMILES string of the molecule is CC(Nc1cc(N)cc([N+](=O)[O-])c1)c1ccccc1. The summed E-state index contributed by atoms with van der Waals surface area (Å²) in [6.45, 7) is 1.99. The number of hydrogen-bond donors (Lipinski definition) is 2. The van der Waals surface area contributed by atoms with E-state index in [1.165, 1.54) is 12.1 Å². The van der Waals surface area contributed by atoms with Gasteiger partial charge in [-0.15, -0.1) is 0 Å². The Morgan fingerprint density at radius 2 is 1.89 bits per heavy atom. The minimum Gasteiger partial charge on any atom is -0.398 e. The van der Waals surface area contributed by atoms with E-state index in [1.807, 2.05) is 37.3 Å². The van der Waals surface area contributed by atoms with Gasteiger partial charge in [-0.3, -0.25) is 10.1 Å². The maximum absolute atomic E-state index is 10.8. The molecule has 0 bridgehead atoms. The van der Waals surface area contributed by atoms with Gasteiger partial charge in [0.2, 0.25) is 0 Å². The molecule has 0 aliphatic carbocycles. The van der Waals surface area contributed by atoms with Gasteiger partial charge >= 0.3 is 0 Å². The fraction of sp³-hybridized carbons (Fsp3) is 0.143. The van der Waals surface area contributed by atoms with E-state index in [4.69, 9.17) is 5.73 Å². The van der Waals surface area contributed by atoms with E-state index >= 15 is 0 Å². The number of nitrogen functional groups attached to an aromatic ring is 1. The van der Waals surface area contributed by atoms with Crippen LogP contribution in [0.4, 0.5) is 17.1 Å². The Hall–Kier alpha value is -2.56. The number of nitrogens with two attached hydrogens (primary N) is 1. The number of nitro benzene ring substituents is 1. The van der Waals surface area contributed by atoms with Gasteiger partial charge in [-0.05, 0) is 18.6 Å². The molecule has 98 valence electrons. The molecule has 0 fully saturated rings. The van der Waals surface area contributed by atoms with E-state index < -0.39 is 4.92 Å². The summed E-state index contributed by atoms with van der Waals surface area (Å²) in [4.78, 5) is 10.3. The van der Waals surface area contributed by atoms with Crippen LogP contribution in [0.3, 0.4) is 0 Å². The Bertz CT molecular complexity index is 584. The number of hydrogen-bond acceptors (Lipinski definition) is 4. The summed E-state index contributed by atoms with van der Waals surface area (Å²) in [5.74, 6) is 0. The van der Waals surface area contributed by atoms with Crippen LogP contribution in [0.5, 0.6) is 0 Å². The lowest BCUT2D eigenvalue weighted by Crippen LogP contribution is -2.07. The zero-order valence-corrected chi connectivity index (χ0v) is 10.5. The Morgan fingerprint density at radius 3 is 2.53 bits per heavy atom. The second-order valence-corrected chi connectivity index (χ2v) is 4.35. The van der Waals surface area contributed by atoms with Crippen molar-refractivity contribution in [3.8, 4) is 0 Å². The van der Waals surface area contributed by atoms with Crippen LogP contribution in [-0.4, -0.2) is 4.92 Å². The van der Waals surface area contributed by atoms with Crippen molar-refractivity contribution in [1.82, 2.24) is 0 Å². The molecule has 5 heteroatoms. The fourth-order valence-electron chi connectivity index (χ4n) is 1.90. The summed E-state index contributed by atoms with van der Waals surface area (Å²) in [6, 6.07) is 14.4. The molecule has 3 N–H and O–H groups in total. The zero-order chi connectivity index (χ0) is 13.8. The molecular weight excluding hydrogens is 242 g/mol. The van der Waals surface area contributed by atoms with E-state index in [-0.39, 0.29) is 11.7 Å². The maximum atomic E-state index is 10.8. The quantitative estimate of drug-likeness (QED) is 0.500. The first kappa shape index (κ1) is 12.9. The molecule has 1 atom stereocenters. The largest absolute Gasteiger partial charge is 0.398 e. The van der Waals surface area contributed by atoms with Crippen molar-refractivity contribution in [3.05, 3.63) is 64.2 Å². The maximum Gasteiger partial charge on any atom is 0.273 e. The molecule has 0 aromatic heterocycles. The molecule has 0 heterocycles. The molecule has 0 aliphatic rings. The highest BCUT2D eigenvalue weighted by Crippen LogP contribution is 2.25. The lowest BCUT2D eigenvalue weighted by molar-refractivity contribution is -0.384. The number of nitrogens with one attached hydrogen (secondary N) is 1. The van der Waals surface area contributed by atoms with Crippen LogP contribution in [0.25, 0.3) is 0 Å². The van der Waals surface area contributed by atoms with Gasteiger partial charge in [0.1, 0.15) is 0 Å². The average Bonchev–Trinajstić information content (AvgIpc) is 2.39. The average molecular weight is 257 g/mol. The highest BCUT2D eigenvalue weighted by atomic mass is 16.6. The van der Waals surface area contributed by atoms with E-state index in [2.05, 4.69) is 5.32 Å². The van der Waals surface area contributed by atoms with Gasteiger partial charge in [0.15, 0.2) is 0 Å². The van der Waals surface area contributed by atoms with Crippen molar-refractivity contribution in [1.29, 1.82) is 0 Å². The molecule has 5 nitrogen and oxygen atoms in total. The van der Waals surface area contributed by atoms with E-state index in [9.17, 15) is 10.1 Å².